The molecule has 1 aromatic carbocycles. The maximum absolute atomic E-state index is 11.2. The Hall–Kier alpha value is -2.36. The fourth-order valence-electron chi connectivity index (χ4n) is 1.76. The van der Waals surface area contributed by atoms with Gasteiger partial charge in [0.05, 0.1) is 5.69 Å². The Kier molecular flexibility index (Phi) is 3.57. The van der Waals surface area contributed by atoms with Crippen molar-refractivity contribution in [1.82, 2.24) is 15.1 Å². The van der Waals surface area contributed by atoms with E-state index in [1.54, 1.807) is 4.68 Å². The summed E-state index contributed by atoms with van der Waals surface area (Å²) >= 11 is 0. The zero-order chi connectivity index (χ0) is 13.0. The molecule has 0 radical (unpaired) electrons. The molecule has 0 fully saturated rings. The van der Waals surface area contributed by atoms with Gasteiger partial charge in [0, 0.05) is 30.9 Å². The van der Waals surface area contributed by atoms with Crippen LogP contribution in [0.3, 0.4) is 0 Å². The first-order chi connectivity index (χ1) is 8.70. The first-order valence-electron chi connectivity index (χ1n) is 5.69. The number of amides is 1. The molecule has 0 bridgehead atoms. The van der Waals surface area contributed by atoms with Crippen LogP contribution in [-0.2, 0) is 18.4 Å². The summed E-state index contributed by atoms with van der Waals surface area (Å²) in [6.45, 7) is 3.87. The van der Waals surface area contributed by atoms with E-state index in [9.17, 15) is 4.79 Å². The van der Waals surface area contributed by atoms with Crippen molar-refractivity contribution in [3.63, 3.8) is 0 Å². The van der Waals surface area contributed by atoms with Gasteiger partial charge in [-0.3, -0.25) is 9.48 Å². The highest BCUT2D eigenvalue weighted by atomic mass is 16.1. The molecule has 92 valence electrons. The summed E-state index contributed by atoms with van der Waals surface area (Å²) in [5.74, 6) is -0.183. The van der Waals surface area contributed by atoms with Gasteiger partial charge in [-0.25, -0.2) is 0 Å². The van der Waals surface area contributed by atoms with E-state index >= 15 is 0 Å². The van der Waals surface area contributed by atoms with E-state index < -0.39 is 0 Å². The lowest BCUT2D eigenvalue weighted by atomic mass is 10.1. The standard InChI is InChI=1S/C14H15N3O/c1-3-13(18)15-9-12-10-17(2)16-14(12)11-7-5-4-6-8-11/h3-8,10H,1,9H2,2H3,(H,15,18). The molecule has 2 rings (SSSR count). The van der Waals surface area contributed by atoms with Crippen LogP contribution in [0.15, 0.2) is 49.2 Å². The van der Waals surface area contributed by atoms with Crippen LogP contribution in [0.5, 0.6) is 0 Å². The quantitative estimate of drug-likeness (QED) is 0.831. The number of carbonyl (C=O) groups excluding carboxylic acids is 1. The molecule has 0 spiro atoms. The monoisotopic (exact) mass is 241 g/mol. The Morgan fingerprint density at radius 3 is 2.83 bits per heavy atom. The summed E-state index contributed by atoms with van der Waals surface area (Å²) in [6, 6.07) is 9.90. The van der Waals surface area contributed by atoms with Crippen molar-refractivity contribution < 1.29 is 4.79 Å². The molecule has 0 saturated carbocycles. The zero-order valence-corrected chi connectivity index (χ0v) is 10.3. The number of aryl methyl sites for hydroxylation is 1. The molecule has 1 N–H and O–H groups in total. The summed E-state index contributed by atoms with van der Waals surface area (Å²) < 4.78 is 1.75. The molecule has 0 aliphatic carbocycles. The van der Waals surface area contributed by atoms with Crippen LogP contribution in [0.1, 0.15) is 5.56 Å². The molecule has 4 nitrogen and oxygen atoms in total. The van der Waals surface area contributed by atoms with Crippen LogP contribution < -0.4 is 5.32 Å². The third-order valence-corrected chi connectivity index (χ3v) is 2.59. The molecule has 0 unspecified atom stereocenters. The Morgan fingerprint density at radius 2 is 2.17 bits per heavy atom. The summed E-state index contributed by atoms with van der Waals surface area (Å²) in [6.07, 6.45) is 3.17. The smallest absolute Gasteiger partial charge is 0.243 e. The largest absolute Gasteiger partial charge is 0.348 e. The average Bonchev–Trinajstić information content (AvgIpc) is 2.78. The molecule has 0 aliphatic rings. The summed E-state index contributed by atoms with van der Waals surface area (Å²) in [5, 5.41) is 7.19. The molecular formula is C14H15N3O. The Morgan fingerprint density at radius 1 is 1.44 bits per heavy atom. The second-order valence-electron chi connectivity index (χ2n) is 3.96. The van der Waals surface area contributed by atoms with Crippen LogP contribution in [-0.4, -0.2) is 15.7 Å². The van der Waals surface area contributed by atoms with Gasteiger partial charge in [-0.1, -0.05) is 36.9 Å². The van der Waals surface area contributed by atoms with E-state index in [1.807, 2.05) is 43.6 Å². The molecule has 2 aromatic rings. The maximum Gasteiger partial charge on any atom is 0.243 e. The Bertz CT molecular complexity index is 558. The van der Waals surface area contributed by atoms with E-state index in [0.29, 0.717) is 6.54 Å². The Labute approximate surface area is 106 Å². The Balaban J connectivity index is 2.26. The number of hydrogen-bond acceptors (Lipinski definition) is 2. The number of carbonyl (C=O) groups is 1. The molecular weight excluding hydrogens is 226 g/mol. The number of nitrogens with one attached hydrogen (secondary N) is 1. The number of aromatic nitrogens is 2. The topological polar surface area (TPSA) is 46.9 Å². The van der Waals surface area contributed by atoms with Crippen molar-refractivity contribution in [1.29, 1.82) is 0 Å². The van der Waals surface area contributed by atoms with Crippen LogP contribution in [0.25, 0.3) is 11.3 Å². The lowest BCUT2D eigenvalue weighted by Gasteiger charge is -2.03. The van der Waals surface area contributed by atoms with Crippen molar-refractivity contribution in [2.75, 3.05) is 0 Å². The van der Waals surface area contributed by atoms with Gasteiger partial charge in [0.2, 0.25) is 5.91 Å². The predicted octanol–water partition coefficient (Wildman–Crippen LogP) is 1.89. The van der Waals surface area contributed by atoms with Gasteiger partial charge in [-0.15, -0.1) is 0 Å². The minimum atomic E-state index is -0.183. The summed E-state index contributed by atoms with van der Waals surface area (Å²) in [4.78, 5) is 11.2. The number of rotatable bonds is 4. The lowest BCUT2D eigenvalue weighted by Crippen LogP contribution is -2.20. The van der Waals surface area contributed by atoms with Crippen molar-refractivity contribution in [3.05, 3.63) is 54.7 Å². The highest BCUT2D eigenvalue weighted by molar-refractivity contribution is 5.86. The molecule has 1 amide bonds. The van der Waals surface area contributed by atoms with Gasteiger partial charge in [0.15, 0.2) is 0 Å². The van der Waals surface area contributed by atoms with Gasteiger partial charge in [-0.2, -0.15) is 5.10 Å². The van der Waals surface area contributed by atoms with E-state index in [-0.39, 0.29) is 5.91 Å². The highest BCUT2D eigenvalue weighted by Crippen LogP contribution is 2.21. The molecule has 18 heavy (non-hydrogen) atoms. The normalized spacial score (nSPS) is 10.1. The third kappa shape index (κ3) is 2.66. The fourth-order valence-corrected chi connectivity index (χ4v) is 1.76. The van der Waals surface area contributed by atoms with Gasteiger partial charge in [-0.05, 0) is 6.08 Å². The third-order valence-electron chi connectivity index (χ3n) is 2.59. The van der Waals surface area contributed by atoms with E-state index in [4.69, 9.17) is 0 Å². The van der Waals surface area contributed by atoms with Crippen LogP contribution in [0, 0.1) is 0 Å². The van der Waals surface area contributed by atoms with E-state index in [0.717, 1.165) is 16.8 Å². The van der Waals surface area contributed by atoms with E-state index in [1.165, 1.54) is 6.08 Å². The van der Waals surface area contributed by atoms with Crippen LogP contribution in [0.2, 0.25) is 0 Å². The SMILES string of the molecule is C=CC(=O)NCc1cn(C)nc1-c1ccccc1. The van der Waals surface area contributed by atoms with Crippen molar-refractivity contribution in [3.8, 4) is 11.3 Å². The van der Waals surface area contributed by atoms with Gasteiger partial charge in [0.25, 0.3) is 0 Å². The van der Waals surface area contributed by atoms with Gasteiger partial charge in [0.1, 0.15) is 0 Å². The van der Waals surface area contributed by atoms with Gasteiger partial charge < -0.3 is 5.32 Å². The van der Waals surface area contributed by atoms with Crippen LogP contribution >= 0.6 is 0 Å². The molecule has 0 aliphatic heterocycles. The highest BCUT2D eigenvalue weighted by Gasteiger charge is 2.09. The lowest BCUT2D eigenvalue weighted by molar-refractivity contribution is -0.116. The van der Waals surface area contributed by atoms with Crippen molar-refractivity contribution >= 4 is 5.91 Å². The second-order valence-corrected chi connectivity index (χ2v) is 3.96. The zero-order valence-electron chi connectivity index (χ0n) is 10.3. The fraction of sp³-hybridized carbons (Fsp3) is 0.143. The first kappa shape index (κ1) is 12.1. The van der Waals surface area contributed by atoms with Crippen molar-refractivity contribution in [2.24, 2.45) is 7.05 Å². The number of benzene rings is 1. The minimum absolute atomic E-state index is 0.183. The summed E-state index contributed by atoms with van der Waals surface area (Å²) in [7, 11) is 1.87. The second kappa shape index (κ2) is 5.31. The molecule has 0 saturated heterocycles. The predicted molar refractivity (Wildman–Crippen MR) is 70.7 cm³/mol. The number of hydrogen-bond donors (Lipinski definition) is 1. The first-order valence-corrected chi connectivity index (χ1v) is 5.69. The minimum Gasteiger partial charge on any atom is -0.348 e. The van der Waals surface area contributed by atoms with Crippen molar-refractivity contribution in [2.45, 2.75) is 6.54 Å². The molecule has 0 atom stereocenters. The average molecular weight is 241 g/mol. The molecule has 1 heterocycles. The van der Waals surface area contributed by atoms with Crippen LogP contribution in [0.4, 0.5) is 0 Å². The number of nitrogens with zero attached hydrogens (tertiary/aromatic N) is 2. The van der Waals surface area contributed by atoms with E-state index in [2.05, 4.69) is 17.0 Å². The summed E-state index contributed by atoms with van der Waals surface area (Å²) in [5.41, 5.74) is 2.92. The maximum atomic E-state index is 11.2. The molecule has 1 aromatic heterocycles. The van der Waals surface area contributed by atoms with Gasteiger partial charge >= 0.3 is 0 Å². The molecule has 4 heteroatoms.